The predicted octanol–water partition coefficient (Wildman–Crippen LogP) is 13.1. The highest BCUT2D eigenvalue weighted by atomic mass is 16.3. The Morgan fingerprint density at radius 2 is 1.22 bits per heavy atom. The van der Waals surface area contributed by atoms with E-state index >= 15 is 0 Å². The van der Waals surface area contributed by atoms with Gasteiger partial charge in [0.25, 0.3) is 0 Å². The summed E-state index contributed by atoms with van der Waals surface area (Å²) < 4.78 is 8.84. The maximum absolute atomic E-state index is 13.9. The Kier molecular flexibility index (Phi) is 6.91. The van der Waals surface area contributed by atoms with Gasteiger partial charge in [-0.2, -0.15) is 0 Å². The van der Waals surface area contributed by atoms with Crippen molar-refractivity contribution in [3.8, 4) is 16.8 Å². The lowest BCUT2D eigenvalue weighted by Gasteiger charge is -2.42. The SMILES string of the molecule is CC(C)(C)c1cc(-c2ccc(N3c4ccccc4C(C)(C)c4cc5c(cc43)c3ccccc3n5-c3ccccc3)cc2)cc2c(=O)c3ccccc3oc12. The molecule has 0 aliphatic carbocycles. The molecule has 7 aromatic carbocycles. The van der Waals surface area contributed by atoms with Gasteiger partial charge in [-0.05, 0) is 100 Å². The van der Waals surface area contributed by atoms with Crippen molar-refractivity contribution in [2.24, 2.45) is 0 Å². The van der Waals surface area contributed by atoms with Gasteiger partial charge in [-0.25, -0.2) is 0 Å². The Balaban J connectivity index is 1.17. The molecule has 262 valence electrons. The third-order valence-electron chi connectivity index (χ3n) is 11.5. The molecule has 0 atom stereocenters. The van der Waals surface area contributed by atoms with Crippen LogP contribution in [0.3, 0.4) is 0 Å². The maximum Gasteiger partial charge on any atom is 0.200 e. The molecule has 0 saturated heterocycles. The van der Waals surface area contributed by atoms with E-state index in [0.717, 1.165) is 28.1 Å². The molecule has 0 spiro atoms. The summed E-state index contributed by atoms with van der Waals surface area (Å²) in [6, 6.07) is 53.6. The smallest absolute Gasteiger partial charge is 0.200 e. The zero-order valence-electron chi connectivity index (χ0n) is 31.1. The molecule has 0 saturated carbocycles. The first-order valence-electron chi connectivity index (χ1n) is 18.7. The summed E-state index contributed by atoms with van der Waals surface area (Å²) in [5, 5.41) is 3.67. The monoisotopic (exact) mass is 700 g/mol. The highest BCUT2D eigenvalue weighted by Gasteiger charge is 2.38. The second kappa shape index (κ2) is 11.6. The summed E-state index contributed by atoms with van der Waals surface area (Å²) in [6.45, 7) is 11.2. The normalized spacial score (nSPS) is 13.8. The first kappa shape index (κ1) is 32.3. The summed E-state index contributed by atoms with van der Waals surface area (Å²) in [7, 11) is 0. The molecule has 9 aromatic rings. The summed E-state index contributed by atoms with van der Waals surface area (Å²) in [4.78, 5) is 16.3. The highest BCUT2D eigenvalue weighted by molar-refractivity contribution is 6.11. The van der Waals surface area contributed by atoms with Crippen molar-refractivity contribution >= 4 is 60.8 Å². The number of anilines is 3. The van der Waals surface area contributed by atoms with Crippen molar-refractivity contribution in [3.63, 3.8) is 0 Å². The summed E-state index contributed by atoms with van der Waals surface area (Å²) in [5.74, 6) is 0. The van der Waals surface area contributed by atoms with Gasteiger partial charge in [0.05, 0.1) is 33.2 Å². The minimum absolute atomic E-state index is 0.0000916. The maximum atomic E-state index is 13.9. The van der Waals surface area contributed by atoms with Crippen LogP contribution in [-0.2, 0) is 10.8 Å². The lowest BCUT2D eigenvalue weighted by molar-refractivity contribution is 0.570. The molecule has 0 N–H and O–H groups in total. The molecule has 0 fully saturated rings. The summed E-state index contributed by atoms with van der Waals surface area (Å²) >= 11 is 0. The zero-order chi connectivity index (χ0) is 36.9. The third-order valence-corrected chi connectivity index (χ3v) is 11.5. The van der Waals surface area contributed by atoms with Crippen LogP contribution >= 0.6 is 0 Å². The van der Waals surface area contributed by atoms with Gasteiger partial charge in [-0.3, -0.25) is 4.79 Å². The van der Waals surface area contributed by atoms with Gasteiger partial charge < -0.3 is 13.9 Å². The van der Waals surface area contributed by atoms with E-state index in [0.29, 0.717) is 21.9 Å². The average molecular weight is 701 g/mol. The molecule has 1 aliphatic heterocycles. The number of aromatic nitrogens is 1. The minimum atomic E-state index is -0.242. The molecule has 0 amide bonds. The van der Waals surface area contributed by atoms with Crippen molar-refractivity contribution in [1.82, 2.24) is 4.57 Å². The second-order valence-electron chi connectivity index (χ2n) is 16.2. The molecule has 4 heteroatoms. The lowest BCUT2D eigenvalue weighted by Crippen LogP contribution is -2.30. The number of nitrogens with zero attached hydrogens (tertiary/aromatic N) is 2. The molecule has 10 rings (SSSR count). The Morgan fingerprint density at radius 3 is 2.00 bits per heavy atom. The highest BCUT2D eigenvalue weighted by Crippen LogP contribution is 2.54. The average Bonchev–Trinajstić information content (AvgIpc) is 3.51. The predicted molar refractivity (Wildman–Crippen MR) is 225 cm³/mol. The molecule has 3 heterocycles. The van der Waals surface area contributed by atoms with Gasteiger partial charge in [-0.1, -0.05) is 113 Å². The Hall–Kier alpha value is -6.39. The number of hydrogen-bond acceptors (Lipinski definition) is 3. The van der Waals surface area contributed by atoms with Crippen LogP contribution in [0.4, 0.5) is 17.1 Å². The van der Waals surface area contributed by atoms with E-state index < -0.39 is 0 Å². The summed E-state index contributed by atoms with van der Waals surface area (Å²) in [6.07, 6.45) is 0. The fraction of sp³-hybridized carbons (Fsp3) is 0.140. The van der Waals surface area contributed by atoms with E-state index in [4.69, 9.17) is 4.42 Å². The molecule has 2 aromatic heterocycles. The van der Waals surface area contributed by atoms with Crippen LogP contribution in [0.15, 0.2) is 161 Å². The van der Waals surface area contributed by atoms with E-state index in [2.05, 4.69) is 165 Å². The van der Waals surface area contributed by atoms with Gasteiger partial charge >= 0.3 is 0 Å². The topological polar surface area (TPSA) is 38.4 Å². The van der Waals surface area contributed by atoms with Crippen LogP contribution in [0.25, 0.3) is 60.6 Å². The largest absolute Gasteiger partial charge is 0.456 e. The van der Waals surface area contributed by atoms with E-state index in [1.165, 1.54) is 44.3 Å². The molecular weight excluding hydrogens is 661 g/mol. The van der Waals surface area contributed by atoms with Crippen LogP contribution < -0.4 is 10.3 Å². The second-order valence-corrected chi connectivity index (χ2v) is 16.2. The Bertz CT molecular complexity index is 3010. The molecule has 0 unspecified atom stereocenters. The molecule has 0 radical (unpaired) electrons. The van der Waals surface area contributed by atoms with Crippen molar-refractivity contribution in [2.45, 2.75) is 45.4 Å². The van der Waals surface area contributed by atoms with Crippen molar-refractivity contribution < 1.29 is 4.42 Å². The first-order valence-corrected chi connectivity index (χ1v) is 18.7. The zero-order valence-corrected chi connectivity index (χ0v) is 31.1. The standard InChI is InChI=1S/C50H40N2O2/c1-49(2,3)41-28-32(27-38-47(53)36-18-10-14-22-46(36)54-48(38)41)31-23-25-34(26-24-31)52-43-21-13-11-19-39(43)50(4,5)40-30-44-37(29-45(40)52)35-17-9-12-20-42(35)51(44)33-15-7-6-8-16-33/h6-30H,1-5H3. The first-order chi connectivity index (χ1) is 26.1. The number of hydrogen-bond donors (Lipinski definition) is 0. The number of para-hydroxylation sites is 4. The van der Waals surface area contributed by atoms with Crippen LogP contribution in [0.1, 0.15) is 51.3 Å². The van der Waals surface area contributed by atoms with E-state index in [1.807, 2.05) is 30.3 Å². The van der Waals surface area contributed by atoms with Gasteiger partial charge in [0.1, 0.15) is 11.2 Å². The summed E-state index contributed by atoms with van der Waals surface area (Å²) in [5.41, 5.74) is 13.4. The van der Waals surface area contributed by atoms with Gasteiger partial charge in [-0.15, -0.1) is 0 Å². The Morgan fingerprint density at radius 1 is 0.537 bits per heavy atom. The van der Waals surface area contributed by atoms with Gasteiger partial charge in [0.15, 0.2) is 0 Å². The van der Waals surface area contributed by atoms with E-state index in [1.54, 1.807) is 0 Å². The van der Waals surface area contributed by atoms with Crippen molar-refractivity contribution in [3.05, 3.63) is 179 Å². The van der Waals surface area contributed by atoms with Gasteiger partial charge in [0.2, 0.25) is 5.43 Å². The van der Waals surface area contributed by atoms with E-state index in [-0.39, 0.29) is 16.3 Å². The lowest BCUT2D eigenvalue weighted by atomic mass is 9.73. The van der Waals surface area contributed by atoms with Crippen LogP contribution in [-0.4, -0.2) is 4.57 Å². The van der Waals surface area contributed by atoms with Crippen molar-refractivity contribution in [2.75, 3.05) is 4.90 Å². The van der Waals surface area contributed by atoms with E-state index in [9.17, 15) is 4.79 Å². The molecule has 54 heavy (non-hydrogen) atoms. The molecule has 1 aliphatic rings. The molecule has 0 bridgehead atoms. The van der Waals surface area contributed by atoms with Crippen LogP contribution in [0.5, 0.6) is 0 Å². The van der Waals surface area contributed by atoms with Gasteiger partial charge in [0, 0.05) is 33.1 Å². The third kappa shape index (κ3) is 4.72. The van der Waals surface area contributed by atoms with Crippen molar-refractivity contribution in [1.29, 1.82) is 0 Å². The molecular formula is C50H40N2O2. The molecule has 4 nitrogen and oxygen atoms in total. The van der Waals surface area contributed by atoms with Crippen LogP contribution in [0, 0.1) is 0 Å². The van der Waals surface area contributed by atoms with Crippen LogP contribution in [0.2, 0.25) is 0 Å². The quantitative estimate of drug-likeness (QED) is 0.172. The Labute approximate surface area is 314 Å². The minimum Gasteiger partial charge on any atom is -0.456 e. The number of rotatable bonds is 3. The fourth-order valence-corrected chi connectivity index (χ4v) is 8.73. The number of benzene rings is 7. The number of fused-ring (bicyclic) bond motifs is 7. The fourth-order valence-electron chi connectivity index (χ4n) is 8.73.